The van der Waals surface area contributed by atoms with E-state index in [1.807, 2.05) is 22.6 Å². The summed E-state index contributed by atoms with van der Waals surface area (Å²) >= 11 is 1.84. The van der Waals surface area contributed by atoms with E-state index >= 15 is 0 Å². The molecular formula is C8H9IO3. The van der Waals surface area contributed by atoms with Crippen molar-refractivity contribution in [3.63, 3.8) is 0 Å². The van der Waals surface area contributed by atoms with E-state index in [1.165, 1.54) is 0 Å². The van der Waals surface area contributed by atoms with Gasteiger partial charge in [-0.2, -0.15) is 0 Å². The lowest BCUT2D eigenvalue weighted by Crippen LogP contribution is -1.93. The van der Waals surface area contributed by atoms with Gasteiger partial charge < -0.3 is 10.2 Å². The van der Waals surface area contributed by atoms with Crippen LogP contribution >= 0.6 is 22.6 Å². The average Bonchev–Trinajstić information content (AvgIpc) is 2.07. The first-order valence-corrected chi connectivity index (χ1v) is 4.70. The molecule has 0 spiro atoms. The number of rotatable bonds is 1. The van der Waals surface area contributed by atoms with Crippen molar-refractivity contribution in [2.45, 2.75) is 0 Å². The molecule has 0 fully saturated rings. The van der Waals surface area contributed by atoms with Gasteiger partial charge in [-0.1, -0.05) is 40.8 Å². The lowest BCUT2D eigenvalue weighted by Gasteiger charge is -1.88. The van der Waals surface area contributed by atoms with E-state index in [4.69, 9.17) is 10.2 Å². The molecule has 1 aromatic carbocycles. The number of aliphatic hydroxyl groups excluding tert-OH is 1. The molecule has 0 amide bonds. The maximum atomic E-state index is 10.2. The molecule has 0 atom stereocenters. The molecule has 3 nitrogen and oxygen atoms in total. The first-order valence-electron chi connectivity index (χ1n) is 3.17. The van der Waals surface area contributed by atoms with Crippen LogP contribution in [0.4, 0.5) is 0 Å². The fourth-order valence-electron chi connectivity index (χ4n) is 0.581. The number of benzene rings is 1. The van der Waals surface area contributed by atoms with E-state index in [1.54, 1.807) is 30.3 Å². The van der Waals surface area contributed by atoms with E-state index in [2.05, 4.69) is 0 Å². The van der Waals surface area contributed by atoms with Crippen molar-refractivity contribution in [3.8, 4) is 0 Å². The second-order valence-electron chi connectivity index (χ2n) is 1.79. The zero-order valence-electron chi connectivity index (χ0n) is 6.27. The van der Waals surface area contributed by atoms with Gasteiger partial charge in [-0.15, -0.1) is 0 Å². The van der Waals surface area contributed by atoms with Crippen LogP contribution in [0, 0.1) is 0 Å². The highest BCUT2D eigenvalue weighted by atomic mass is 127. The highest BCUT2D eigenvalue weighted by Crippen LogP contribution is 1.96. The molecule has 66 valence electrons. The monoisotopic (exact) mass is 280 g/mol. The number of halogens is 1. The Labute approximate surface area is 84.2 Å². The molecule has 1 aromatic rings. The van der Waals surface area contributed by atoms with Crippen LogP contribution < -0.4 is 0 Å². The molecule has 0 aliphatic rings. The maximum Gasteiger partial charge on any atom is 0.335 e. The zero-order valence-corrected chi connectivity index (χ0v) is 8.43. The van der Waals surface area contributed by atoms with Crippen molar-refractivity contribution in [1.29, 1.82) is 0 Å². The summed E-state index contributed by atoms with van der Waals surface area (Å²) < 4.78 is 0.220. The van der Waals surface area contributed by atoms with Gasteiger partial charge in [0.15, 0.2) is 0 Å². The Morgan fingerprint density at radius 3 is 2.00 bits per heavy atom. The molecule has 1 rings (SSSR count). The molecule has 0 aliphatic carbocycles. The Morgan fingerprint density at radius 1 is 1.33 bits per heavy atom. The summed E-state index contributed by atoms with van der Waals surface area (Å²) in [6.45, 7) is 0. The van der Waals surface area contributed by atoms with Crippen molar-refractivity contribution in [2.24, 2.45) is 0 Å². The maximum absolute atomic E-state index is 10.2. The third-order valence-electron chi connectivity index (χ3n) is 1.02. The Balaban J connectivity index is 0.000000354. The minimum atomic E-state index is -0.879. The second-order valence-corrected chi connectivity index (χ2v) is 2.47. The van der Waals surface area contributed by atoms with E-state index in [9.17, 15) is 4.79 Å². The van der Waals surface area contributed by atoms with E-state index in [0.717, 1.165) is 0 Å². The van der Waals surface area contributed by atoms with E-state index in [-0.39, 0.29) is 4.61 Å². The van der Waals surface area contributed by atoms with Crippen LogP contribution in [0.5, 0.6) is 0 Å². The Kier molecular flexibility index (Phi) is 6.69. The standard InChI is InChI=1S/C7H6O2.CH3IO/c8-7(9)6-4-2-1-3-5-6;2-1-3/h1-5H,(H,8,9);3H,1H2. The third kappa shape index (κ3) is 5.09. The van der Waals surface area contributed by atoms with Gasteiger partial charge >= 0.3 is 5.97 Å². The molecule has 0 saturated carbocycles. The van der Waals surface area contributed by atoms with Crippen molar-refractivity contribution in [3.05, 3.63) is 35.9 Å². The summed E-state index contributed by atoms with van der Waals surface area (Å²) in [6, 6.07) is 8.30. The number of aromatic carboxylic acids is 1. The van der Waals surface area contributed by atoms with Crippen molar-refractivity contribution < 1.29 is 15.0 Å². The van der Waals surface area contributed by atoms with Crippen LogP contribution in [0.15, 0.2) is 30.3 Å². The Bertz CT molecular complexity index is 223. The highest BCUT2D eigenvalue weighted by Gasteiger charge is 1.96. The van der Waals surface area contributed by atoms with E-state index < -0.39 is 5.97 Å². The van der Waals surface area contributed by atoms with Crippen LogP contribution in [0.25, 0.3) is 0 Å². The Hall–Kier alpha value is -0.620. The summed E-state index contributed by atoms with van der Waals surface area (Å²) in [5.74, 6) is -0.879. The van der Waals surface area contributed by atoms with Crippen LogP contribution in [0.2, 0.25) is 0 Å². The van der Waals surface area contributed by atoms with Gasteiger partial charge in [-0.05, 0) is 12.1 Å². The molecule has 0 aromatic heterocycles. The fourth-order valence-corrected chi connectivity index (χ4v) is 0.581. The normalized spacial score (nSPS) is 8.17. The molecule has 12 heavy (non-hydrogen) atoms. The number of hydrogen-bond donors (Lipinski definition) is 2. The fraction of sp³-hybridized carbons (Fsp3) is 0.125. The summed E-state index contributed by atoms with van der Waals surface area (Å²) in [5, 5.41) is 15.9. The smallest absolute Gasteiger partial charge is 0.335 e. The van der Waals surface area contributed by atoms with Gasteiger partial charge in [0.05, 0.1) is 10.2 Å². The highest BCUT2D eigenvalue weighted by molar-refractivity contribution is 14.1. The molecule has 2 N–H and O–H groups in total. The predicted molar refractivity (Wildman–Crippen MR) is 54.5 cm³/mol. The first kappa shape index (κ1) is 11.4. The molecule has 0 bridgehead atoms. The summed E-state index contributed by atoms with van der Waals surface area (Å²) in [5.41, 5.74) is 0.331. The predicted octanol–water partition coefficient (Wildman–Crippen LogP) is 1.76. The molecule has 0 unspecified atom stereocenters. The van der Waals surface area contributed by atoms with Gasteiger partial charge in [0, 0.05) is 0 Å². The van der Waals surface area contributed by atoms with Crippen molar-refractivity contribution in [1.82, 2.24) is 0 Å². The number of carboxylic acids is 1. The van der Waals surface area contributed by atoms with Gasteiger partial charge in [0.1, 0.15) is 0 Å². The van der Waals surface area contributed by atoms with Gasteiger partial charge in [-0.25, -0.2) is 4.79 Å². The molecule has 0 radical (unpaired) electrons. The molecule has 0 saturated heterocycles. The van der Waals surface area contributed by atoms with Gasteiger partial charge in [0.25, 0.3) is 0 Å². The largest absolute Gasteiger partial charge is 0.478 e. The minimum absolute atomic E-state index is 0.220. The van der Waals surface area contributed by atoms with Crippen molar-refractivity contribution >= 4 is 28.6 Å². The summed E-state index contributed by atoms with van der Waals surface area (Å²) in [6.07, 6.45) is 0. The first-order chi connectivity index (χ1) is 5.72. The quantitative estimate of drug-likeness (QED) is 0.608. The Morgan fingerprint density at radius 2 is 1.75 bits per heavy atom. The number of alkyl halides is 1. The number of aliphatic hydroxyl groups is 1. The average molecular weight is 280 g/mol. The second kappa shape index (κ2) is 7.05. The molecular weight excluding hydrogens is 271 g/mol. The topological polar surface area (TPSA) is 57.5 Å². The van der Waals surface area contributed by atoms with E-state index in [0.29, 0.717) is 5.56 Å². The molecule has 4 heteroatoms. The SMILES string of the molecule is O=C(O)c1ccccc1.OCI. The number of carbonyl (C=O) groups is 1. The van der Waals surface area contributed by atoms with Gasteiger partial charge in [-0.3, -0.25) is 0 Å². The van der Waals surface area contributed by atoms with Gasteiger partial charge in [0.2, 0.25) is 0 Å². The minimum Gasteiger partial charge on any atom is -0.478 e. The number of carboxylic acid groups (broad SMARTS) is 1. The van der Waals surface area contributed by atoms with Crippen LogP contribution in [-0.2, 0) is 0 Å². The third-order valence-corrected chi connectivity index (χ3v) is 1.02. The van der Waals surface area contributed by atoms with Crippen LogP contribution in [-0.4, -0.2) is 20.8 Å². The van der Waals surface area contributed by atoms with Crippen LogP contribution in [0.3, 0.4) is 0 Å². The number of hydrogen-bond acceptors (Lipinski definition) is 2. The summed E-state index contributed by atoms with van der Waals surface area (Å²) in [7, 11) is 0. The summed E-state index contributed by atoms with van der Waals surface area (Å²) in [4.78, 5) is 10.2. The van der Waals surface area contributed by atoms with Crippen LogP contribution in [0.1, 0.15) is 10.4 Å². The zero-order chi connectivity index (χ0) is 9.40. The lowest BCUT2D eigenvalue weighted by molar-refractivity contribution is 0.0697. The molecule has 0 heterocycles. The van der Waals surface area contributed by atoms with Crippen molar-refractivity contribution in [2.75, 3.05) is 4.61 Å². The lowest BCUT2D eigenvalue weighted by atomic mass is 10.2. The molecule has 0 aliphatic heterocycles.